The van der Waals surface area contributed by atoms with Crippen LogP contribution in [0.3, 0.4) is 0 Å². The van der Waals surface area contributed by atoms with Gasteiger partial charge >= 0.3 is 0 Å². The van der Waals surface area contributed by atoms with Crippen molar-refractivity contribution in [1.82, 2.24) is 15.2 Å². The Hall–Kier alpha value is -2.40. The number of amides is 1. The maximum Gasteiger partial charge on any atom is 0.255 e. The van der Waals surface area contributed by atoms with Crippen LogP contribution in [0.2, 0.25) is 0 Å². The SMILES string of the molecule is O=C(NCc1ccccc1CN1CCCCC1)c1cccnc1N1CCCC1. The van der Waals surface area contributed by atoms with Gasteiger partial charge in [0, 0.05) is 32.4 Å². The minimum absolute atomic E-state index is 0.0391. The van der Waals surface area contributed by atoms with Crippen LogP contribution < -0.4 is 10.2 Å². The molecule has 0 atom stereocenters. The molecular formula is C23H30N4O. The Morgan fingerprint density at radius 2 is 1.61 bits per heavy atom. The lowest BCUT2D eigenvalue weighted by molar-refractivity contribution is 0.0951. The highest BCUT2D eigenvalue weighted by molar-refractivity contribution is 5.98. The zero-order valence-electron chi connectivity index (χ0n) is 16.6. The molecule has 1 aromatic carbocycles. The number of hydrogen-bond donors (Lipinski definition) is 1. The van der Waals surface area contributed by atoms with E-state index < -0.39 is 0 Å². The molecule has 0 spiro atoms. The average molecular weight is 379 g/mol. The van der Waals surface area contributed by atoms with Gasteiger partial charge in [0.05, 0.1) is 5.56 Å². The second-order valence-corrected chi connectivity index (χ2v) is 7.86. The van der Waals surface area contributed by atoms with Crippen molar-refractivity contribution in [2.75, 3.05) is 31.1 Å². The standard InChI is InChI=1S/C23H30N4O/c28-23(21-11-8-12-24-22(21)27-15-6-7-16-27)25-17-19-9-2-3-10-20(19)18-26-13-4-1-5-14-26/h2-3,8-12H,1,4-7,13-18H2,(H,25,28). The fourth-order valence-electron chi connectivity index (χ4n) is 4.27. The van der Waals surface area contributed by atoms with Crippen molar-refractivity contribution in [3.05, 3.63) is 59.3 Å². The fourth-order valence-corrected chi connectivity index (χ4v) is 4.27. The lowest BCUT2D eigenvalue weighted by Gasteiger charge is -2.27. The topological polar surface area (TPSA) is 48.5 Å². The maximum atomic E-state index is 12.9. The number of carbonyl (C=O) groups is 1. The van der Waals surface area contributed by atoms with Crippen molar-refractivity contribution in [3.8, 4) is 0 Å². The van der Waals surface area contributed by atoms with Gasteiger partial charge in [-0.05, 0) is 62.0 Å². The third-order valence-electron chi connectivity index (χ3n) is 5.84. The molecule has 5 nitrogen and oxygen atoms in total. The Labute approximate surface area is 167 Å². The summed E-state index contributed by atoms with van der Waals surface area (Å²) in [6.07, 6.45) is 8.04. The molecule has 0 unspecified atom stereocenters. The molecule has 0 aliphatic carbocycles. The molecule has 0 radical (unpaired) electrons. The van der Waals surface area contributed by atoms with E-state index in [4.69, 9.17) is 0 Å². The summed E-state index contributed by atoms with van der Waals surface area (Å²) in [4.78, 5) is 22.1. The van der Waals surface area contributed by atoms with Crippen molar-refractivity contribution in [2.24, 2.45) is 0 Å². The first-order valence-electron chi connectivity index (χ1n) is 10.6. The van der Waals surface area contributed by atoms with Gasteiger partial charge < -0.3 is 10.2 Å². The van der Waals surface area contributed by atoms with Crippen LogP contribution in [0.4, 0.5) is 5.82 Å². The summed E-state index contributed by atoms with van der Waals surface area (Å²) in [7, 11) is 0. The summed E-state index contributed by atoms with van der Waals surface area (Å²) in [6, 6.07) is 12.2. The summed E-state index contributed by atoms with van der Waals surface area (Å²) in [5.41, 5.74) is 3.20. The molecule has 0 bridgehead atoms. The van der Waals surface area contributed by atoms with Gasteiger partial charge in [-0.3, -0.25) is 9.69 Å². The van der Waals surface area contributed by atoms with Gasteiger partial charge in [0.25, 0.3) is 5.91 Å². The van der Waals surface area contributed by atoms with E-state index in [1.54, 1.807) is 6.20 Å². The fraction of sp³-hybridized carbons (Fsp3) is 0.478. The van der Waals surface area contributed by atoms with Crippen LogP contribution in [0.25, 0.3) is 0 Å². The number of carbonyl (C=O) groups excluding carboxylic acids is 1. The zero-order chi connectivity index (χ0) is 19.2. The molecule has 2 aliphatic heterocycles. The van der Waals surface area contributed by atoms with E-state index in [-0.39, 0.29) is 5.91 Å². The Morgan fingerprint density at radius 1 is 0.893 bits per heavy atom. The van der Waals surface area contributed by atoms with E-state index in [0.717, 1.165) is 25.5 Å². The van der Waals surface area contributed by atoms with Crippen molar-refractivity contribution < 1.29 is 4.79 Å². The molecule has 0 saturated carbocycles. The van der Waals surface area contributed by atoms with Crippen LogP contribution >= 0.6 is 0 Å². The smallest absolute Gasteiger partial charge is 0.255 e. The number of likely N-dealkylation sites (tertiary alicyclic amines) is 1. The van der Waals surface area contributed by atoms with E-state index >= 15 is 0 Å². The van der Waals surface area contributed by atoms with Crippen LogP contribution in [-0.2, 0) is 13.1 Å². The number of piperidine rings is 1. The molecule has 2 aromatic rings. The van der Waals surface area contributed by atoms with E-state index in [2.05, 4.69) is 44.4 Å². The molecular weight excluding hydrogens is 348 g/mol. The van der Waals surface area contributed by atoms with E-state index in [1.807, 2.05) is 12.1 Å². The number of anilines is 1. The average Bonchev–Trinajstić information content (AvgIpc) is 3.28. The number of aromatic nitrogens is 1. The monoisotopic (exact) mass is 378 g/mol. The largest absolute Gasteiger partial charge is 0.356 e. The van der Waals surface area contributed by atoms with Gasteiger partial charge in [-0.1, -0.05) is 30.7 Å². The van der Waals surface area contributed by atoms with Crippen molar-refractivity contribution in [1.29, 1.82) is 0 Å². The molecule has 1 amide bonds. The molecule has 2 fully saturated rings. The van der Waals surface area contributed by atoms with Gasteiger partial charge in [-0.2, -0.15) is 0 Å². The van der Waals surface area contributed by atoms with Crippen molar-refractivity contribution in [3.63, 3.8) is 0 Å². The van der Waals surface area contributed by atoms with Gasteiger partial charge in [0.15, 0.2) is 0 Å². The third-order valence-corrected chi connectivity index (χ3v) is 5.84. The van der Waals surface area contributed by atoms with E-state index in [1.165, 1.54) is 56.3 Å². The second kappa shape index (κ2) is 9.20. The molecule has 28 heavy (non-hydrogen) atoms. The second-order valence-electron chi connectivity index (χ2n) is 7.86. The molecule has 1 aromatic heterocycles. The van der Waals surface area contributed by atoms with Gasteiger partial charge in [0.2, 0.25) is 0 Å². The lowest BCUT2D eigenvalue weighted by Crippen LogP contribution is -2.30. The van der Waals surface area contributed by atoms with Crippen molar-refractivity contribution in [2.45, 2.75) is 45.2 Å². The number of nitrogens with zero attached hydrogens (tertiary/aromatic N) is 3. The summed E-state index contributed by atoms with van der Waals surface area (Å²) in [5.74, 6) is 0.780. The lowest BCUT2D eigenvalue weighted by atomic mass is 10.0. The quantitative estimate of drug-likeness (QED) is 0.834. The van der Waals surface area contributed by atoms with Crippen LogP contribution in [0.1, 0.15) is 53.6 Å². The van der Waals surface area contributed by atoms with Crippen LogP contribution in [-0.4, -0.2) is 42.0 Å². The zero-order valence-corrected chi connectivity index (χ0v) is 16.6. The predicted octanol–water partition coefficient (Wildman–Crippen LogP) is 3.60. The third kappa shape index (κ3) is 4.53. The van der Waals surface area contributed by atoms with Gasteiger partial charge in [-0.25, -0.2) is 4.98 Å². The summed E-state index contributed by atoms with van der Waals surface area (Å²) >= 11 is 0. The summed E-state index contributed by atoms with van der Waals surface area (Å²) in [5, 5.41) is 3.13. The normalized spacial score (nSPS) is 17.6. The molecule has 4 rings (SSSR count). The maximum absolute atomic E-state index is 12.9. The molecule has 5 heteroatoms. The highest BCUT2D eigenvalue weighted by Gasteiger charge is 2.20. The number of benzene rings is 1. The number of nitrogens with one attached hydrogen (secondary N) is 1. The molecule has 148 valence electrons. The van der Waals surface area contributed by atoms with Crippen LogP contribution in [0.5, 0.6) is 0 Å². The molecule has 2 aliphatic rings. The highest BCUT2D eigenvalue weighted by Crippen LogP contribution is 2.22. The molecule has 1 N–H and O–H groups in total. The minimum Gasteiger partial charge on any atom is -0.356 e. The molecule has 3 heterocycles. The van der Waals surface area contributed by atoms with Crippen LogP contribution in [0, 0.1) is 0 Å². The first-order valence-corrected chi connectivity index (χ1v) is 10.6. The Kier molecular flexibility index (Phi) is 6.22. The van der Waals surface area contributed by atoms with Gasteiger partial charge in [0.1, 0.15) is 5.82 Å². The highest BCUT2D eigenvalue weighted by atomic mass is 16.1. The van der Waals surface area contributed by atoms with Gasteiger partial charge in [-0.15, -0.1) is 0 Å². The number of hydrogen-bond acceptors (Lipinski definition) is 4. The first-order chi connectivity index (χ1) is 13.8. The van der Waals surface area contributed by atoms with E-state index in [9.17, 15) is 4.79 Å². The predicted molar refractivity (Wildman–Crippen MR) is 112 cm³/mol. The van der Waals surface area contributed by atoms with Crippen LogP contribution in [0.15, 0.2) is 42.6 Å². The Morgan fingerprint density at radius 3 is 2.39 bits per heavy atom. The van der Waals surface area contributed by atoms with Crippen molar-refractivity contribution >= 4 is 11.7 Å². The molecule has 2 saturated heterocycles. The summed E-state index contributed by atoms with van der Waals surface area (Å²) < 4.78 is 0. The Bertz CT molecular complexity index is 795. The van der Waals surface area contributed by atoms with E-state index in [0.29, 0.717) is 12.1 Å². The number of pyridine rings is 1. The summed E-state index contributed by atoms with van der Waals surface area (Å²) in [6.45, 7) is 5.84. The number of rotatable bonds is 6. The Balaban J connectivity index is 1.43. The minimum atomic E-state index is -0.0391. The first kappa shape index (κ1) is 18.9.